The van der Waals surface area contributed by atoms with Gasteiger partial charge >= 0.3 is 5.97 Å². The van der Waals surface area contributed by atoms with Crippen LogP contribution in [0.5, 0.6) is 0 Å². The molecule has 0 saturated carbocycles. The first-order chi connectivity index (χ1) is 9.06. The molecule has 1 aromatic carbocycles. The number of rotatable bonds is 7. The third-order valence-electron chi connectivity index (χ3n) is 2.68. The van der Waals surface area contributed by atoms with Crippen molar-refractivity contribution in [1.82, 2.24) is 0 Å². The minimum atomic E-state index is -0.934. The summed E-state index contributed by atoms with van der Waals surface area (Å²) in [6, 6.07) is 7.05. The summed E-state index contributed by atoms with van der Waals surface area (Å²) in [6.45, 7) is 4.33. The Morgan fingerprint density at radius 3 is 2.68 bits per heavy atom. The average Bonchev–Trinajstić information content (AvgIpc) is 2.39. The smallest absolute Gasteiger partial charge is 0.341 e. The number of anilines is 1. The molecule has 0 aromatic heterocycles. The van der Waals surface area contributed by atoms with Gasteiger partial charge in [0, 0.05) is 12.2 Å². The van der Waals surface area contributed by atoms with Gasteiger partial charge in [-0.15, -0.1) is 0 Å². The molecule has 1 amide bonds. The van der Waals surface area contributed by atoms with E-state index in [1.54, 1.807) is 18.2 Å². The number of benzene rings is 1. The number of amides is 1. The molecule has 0 fully saturated rings. The van der Waals surface area contributed by atoms with Crippen LogP contribution in [0.1, 0.15) is 37.0 Å². The van der Waals surface area contributed by atoms with Crippen LogP contribution in [0.2, 0.25) is 0 Å². The maximum Gasteiger partial charge on any atom is 0.341 e. The Morgan fingerprint density at radius 2 is 2.05 bits per heavy atom. The topological polar surface area (TPSA) is 81.4 Å². The van der Waals surface area contributed by atoms with E-state index in [-0.39, 0.29) is 0 Å². The molecule has 1 atom stereocenters. The van der Waals surface area contributed by atoms with Gasteiger partial charge < -0.3 is 15.8 Å². The Kier molecular flexibility index (Phi) is 5.85. The largest absolute Gasteiger partial charge is 0.449 e. The van der Waals surface area contributed by atoms with Crippen LogP contribution in [0.4, 0.5) is 5.69 Å². The first kappa shape index (κ1) is 15.0. The molecule has 0 aliphatic carbocycles. The predicted molar refractivity (Wildman–Crippen MR) is 73.9 cm³/mol. The van der Waals surface area contributed by atoms with Gasteiger partial charge in [0.2, 0.25) is 0 Å². The fourth-order valence-electron chi connectivity index (χ4n) is 1.50. The molecule has 0 radical (unpaired) electrons. The lowest BCUT2D eigenvalue weighted by molar-refractivity contribution is -0.125. The summed E-state index contributed by atoms with van der Waals surface area (Å²) in [4.78, 5) is 22.8. The maximum atomic E-state index is 11.9. The standard InChI is InChI=1S/C14H20N2O3/c1-3-4-9-16-12-8-6-5-7-11(12)14(18)19-10(2)13(15)17/h5-8,10,16H,3-4,9H2,1-2H3,(H2,15,17)/t10-/m1/s1. The highest BCUT2D eigenvalue weighted by Crippen LogP contribution is 2.17. The van der Waals surface area contributed by atoms with Gasteiger partial charge in [-0.2, -0.15) is 0 Å². The van der Waals surface area contributed by atoms with Gasteiger partial charge in [-0.05, 0) is 25.5 Å². The number of esters is 1. The van der Waals surface area contributed by atoms with Gasteiger partial charge in [-0.25, -0.2) is 4.79 Å². The second kappa shape index (κ2) is 7.41. The van der Waals surface area contributed by atoms with Gasteiger partial charge in [0.1, 0.15) is 0 Å². The van der Waals surface area contributed by atoms with Crippen LogP contribution < -0.4 is 11.1 Å². The number of primary amides is 1. The SMILES string of the molecule is CCCCNc1ccccc1C(=O)O[C@H](C)C(N)=O. The number of ether oxygens (including phenoxy) is 1. The monoisotopic (exact) mass is 264 g/mol. The molecule has 0 spiro atoms. The molecule has 1 rings (SSSR count). The van der Waals surface area contributed by atoms with Crippen molar-refractivity contribution < 1.29 is 14.3 Å². The van der Waals surface area contributed by atoms with Gasteiger partial charge in [-0.1, -0.05) is 25.5 Å². The number of unbranched alkanes of at least 4 members (excludes halogenated alkanes) is 1. The lowest BCUT2D eigenvalue weighted by Gasteiger charge is -2.13. The Morgan fingerprint density at radius 1 is 1.37 bits per heavy atom. The minimum absolute atomic E-state index is 0.409. The van der Waals surface area contributed by atoms with Crippen molar-refractivity contribution in [2.45, 2.75) is 32.8 Å². The third-order valence-corrected chi connectivity index (χ3v) is 2.68. The molecule has 19 heavy (non-hydrogen) atoms. The molecule has 5 heteroatoms. The summed E-state index contributed by atoms with van der Waals surface area (Å²) in [5.74, 6) is -1.21. The highest BCUT2D eigenvalue weighted by molar-refractivity contribution is 5.97. The molecular formula is C14H20N2O3. The minimum Gasteiger partial charge on any atom is -0.449 e. The predicted octanol–water partition coefficient (Wildman–Crippen LogP) is 1.93. The number of nitrogens with two attached hydrogens (primary N) is 1. The maximum absolute atomic E-state index is 11.9. The van der Waals surface area contributed by atoms with E-state index >= 15 is 0 Å². The van der Waals surface area contributed by atoms with Crippen LogP contribution in [0.25, 0.3) is 0 Å². The van der Waals surface area contributed by atoms with Crippen molar-refractivity contribution in [3.8, 4) is 0 Å². The van der Waals surface area contributed by atoms with Crippen molar-refractivity contribution >= 4 is 17.6 Å². The fourth-order valence-corrected chi connectivity index (χ4v) is 1.50. The molecule has 0 bridgehead atoms. The Balaban J connectivity index is 2.75. The summed E-state index contributed by atoms with van der Waals surface area (Å²) in [5.41, 5.74) is 6.18. The zero-order chi connectivity index (χ0) is 14.3. The van der Waals surface area contributed by atoms with E-state index in [1.807, 2.05) is 6.07 Å². The molecule has 0 saturated heterocycles. The number of hydrogen-bond acceptors (Lipinski definition) is 4. The molecular weight excluding hydrogens is 244 g/mol. The van der Waals surface area contributed by atoms with E-state index in [2.05, 4.69) is 12.2 Å². The number of para-hydroxylation sites is 1. The first-order valence-electron chi connectivity index (χ1n) is 6.39. The molecule has 3 N–H and O–H groups in total. The molecule has 1 aromatic rings. The van der Waals surface area contributed by atoms with E-state index < -0.39 is 18.0 Å². The van der Waals surface area contributed by atoms with Crippen molar-refractivity contribution in [3.63, 3.8) is 0 Å². The van der Waals surface area contributed by atoms with Gasteiger partial charge in [0.15, 0.2) is 6.10 Å². The molecule has 0 aliphatic heterocycles. The summed E-state index contributed by atoms with van der Waals surface area (Å²) in [7, 11) is 0. The lowest BCUT2D eigenvalue weighted by Crippen LogP contribution is -2.30. The van der Waals surface area contributed by atoms with Crippen LogP contribution in [-0.4, -0.2) is 24.5 Å². The number of nitrogens with one attached hydrogen (secondary N) is 1. The fraction of sp³-hybridized carbons (Fsp3) is 0.429. The van der Waals surface area contributed by atoms with Crippen LogP contribution in [0.15, 0.2) is 24.3 Å². The van der Waals surface area contributed by atoms with Crippen molar-refractivity contribution in [2.24, 2.45) is 5.73 Å². The number of hydrogen-bond donors (Lipinski definition) is 2. The molecule has 104 valence electrons. The van der Waals surface area contributed by atoms with Gasteiger partial charge in [0.05, 0.1) is 5.56 Å². The second-order valence-electron chi connectivity index (χ2n) is 4.28. The van der Waals surface area contributed by atoms with E-state index in [1.165, 1.54) is 6.92 Å². The van der Waals surface area contributed by atoms with Crippen LogP contribution >= 0.6 is 0 Å². The Bertz CT molecular complexity index is 446. The normalized spacial score (nSPS) is 11.7. The Labute approximate surface area is 113 Å². The third kappa shape index (κ3) is 4.62. The van der Waals surface area contributed by atoms with Gasteiger partial charge in [0.25, 0.3) is 5.91 Å². The highest BCUT2D eigenvalue weighted by atomic mass is 16.5. The zero-order valence-corrected chi connectivity index (χ0v) is 11.3. The quantitative estimate of drug-likeness (QED) is 0.582. The summed E-state index contributed by atoms with van der Waals surface area (Å²) in [5, 5.41) is 3.18. The van der Waals surface area contributed by atoms with Crippen LogP contribution in [0.3, 0.4) is 0 Å². The zero-order valence-electron chi connectivity index (χ0n) is 11.3. The van der Waals surface area contributed by atoms with E-state index in [9.17, 15) is 9.59 Å². The van der Waals surface area contributed by atoms with Crippen LogP contribution in [-0.2, 0) is 9.53 Å². The van der Waals surface area contributed by atoms with E-state index in [0.717, 1.165) is 19.4 Å². The summed E-state index contributed by atoms with van der Waals surface area (Å²) >= 11 is 0. The second-order valence-corrected chi connectivity index (χ2v) is 4.28. The summed E-state index contributed by atoms with van der Waals surface area (Å²) < 4.78 is 4.99. The molecule has 5 nitrogen and oxygen atoms in total. The first-order valence-corrected chi connectivity index (χ1v) is 6.39. The number of carbonyl (C=O) groups excluding carboxylic acids is 2. The molecule has 0 unspecified atom stereocenters. The number of carbonyl (C=O) groups is 2. The highest BCUT2D eigenvalue weighted by Gasteiger charge is 2.18. The molecule has 0 heterocycles. The average molecular weight is 264 g/mol. The van der Waals surface area contributed by atoms with Crippen LogP contribution in [0, 0.1) is 0 Å². The van der Waals surface area contributed by atoms with Crippen molar-refractivity contribution in [1.29, 1.82) is 0 Å². The lowest BCUT2D eigenvalue weighted by atomic mass is 10.1. The van der Waals surface area contributed by atoms with E-state index in [0.29, 0.717) is 11.3 Å². The van der Waals surface area contributed by atoms with Crippen molar-refractivity contribution in [2.75, 3.05) is 11.9 Å². The van der Waals surface area contributed by atoms with E-state index in [4.69, 9.17) is 10.5 Å². The molecule has 0 aliphatic rings. The van der Waals surface area contributed by atoms with Crippen molar-refractivity contribution in [3.05, 3.63) is 29.8 Å². The summed E-state index contributed by atoms with van der Waals surface area (Å²) in [6.07, 6.45) is 1.15. The Hall–Kier alpha value is -2.04. The van der Waals surface area contributed by atoms with Gasteiger partial charge in [-0.3, -0.25) is 4.79 Å².